The maximum absolute atomic E-state index is 11.9. The molecule has 1 N–H and O–H groups in total. The van der Waals surface area contributed by atoms with E-state index >= 15 is 0 Å². The average Bonchev–Trinajstić information content (AvgIpc) is 2.61. The fourth-order valence-electron chi connectivity index (χ4n) is 2.40. The summed E-state index contributed by atoms with van der Waals surface area (Å²) in [6, 6.07) is 13.7. The molecule has 2 aromatic carbocycles. The second-order valence-corrected chi connectivity index (χ2v) is 5.42. The Kier molecular flexibility index (Phi) is 6.43. The average molecular weight is 325 g/mol. The molecule has 126 valence electrons. The third-order valence-electron chi connectivity index (χ3n) is 3.79. The Bertz CT molecular complexity index is 723. The number of rotatable bonds is 7. The standard InChI is InChI=1S/C20H23NO3/c1-15-6-4-5-7-17(15)12-13-21-20(22)11-9-16-8-10-18(23-2)19(14-16)24-3/h4-11,14H,12-13H2,1-3H3,(H,21,22)/b11-9+. The molecule has 4 nitrogen and oxygen atoms in total. The maximum atomic E-state index is 11.9. The van der Waals surface area contributed by atoms with Crippen LogP contribution in [0, 0.1) is 6.92 Å². The number of nitrogens with one attached hydrogen (secondary N) is 1. The molecule has 0 saturated heterocycles. The Hall–Kier alpha value is -2.75. The van der Waals surface area contributed by atoms with E-state index in [4.69, 9.17) is 9.47 Å². The minimum atomic E-state index is -0.113. The fourth-order valence-corrected chi connectivity index (χ4v) is 2.40. The van der Waals surface area contributed by atoms with Crippen molar-refractivity contribution in [2.24, 2.45) is 0 Å². The highest BCUT2D eigenvalue weighted by Gasteiger charge is 2.03. The normalized spacial score (nSPS) is 10.6. The van der Waals surface area contributed by atoms with Crippen molar-refractivity contribution in [1.82, 2.24) is 5.32 Å². The Morgan fingerprint density at radius 3 is 2.54 bits per heavy atom. The molecule has 0 radical (unpaired) electrons. The molecule has 0 fully saturated rings. The van der Waals surface area contributed by atoms with Gasteiger partial charge in [0, 0.05) is 12.6 Å². The summed E-state index contributed by atoms with van der Waals surface area (Å²) in [5.41, 5.74) is 3.37. The molecule has 0 saturated carbocycles. The van der Waals surface area contributed by atoms with E-state index in [1.165, 1.54) is 17.2 Å². The zero-order chi connectivity index (χ0) is 17.4. The van der Waals surface area contributed by atoms with E-state index in [1.54, 1.807) is 20.3 Å². The van der Waals surface area contributed by atoms with E-state index in [9.17, 15) is 4.79 Å². The highest BCUT2D eigenvalue weighted by atomic mass is 16.5. The van der Waals surface area contributed by atoms with E-state index in [2.05, 4.69) is 24.4 Å². The third-order valence-corrected chi connectivity index (χ3v) is 3.79. The monoisotopic (exact) mass is 325 g/mol. The molecule has 24 heavy (non-hydrogen) atoms. The van der Waals surface area contributed by atoms with E-state index < -0.39 is 0 Å². The Labute approximate surface area is 143 Å². The van der Waals surface area contributed by atoms with Crippen molar-refractivity contribution >= 4 is 12.0 Å². The Morgan fingerprint density at radius 2 is 1.83 bits per heavy atom. The quantitative estimate of drug-likeness (QED) is 0.794. The lowest BCUT2D eigenvalue weighted by Crippen LogP contribution is -2.23. The molecule has 0 unspecified atom stereocenters. The van der Waals surface area contributed by atoms with Gasteiger partial charge in [-0.15, -0.1) is 0 Å². The van der Waals surface area contributed by atoms with E-state index in [-0.39, 0.29) is 5.91 Å². The summed E-state index contributed by atoms with van der Waals surface area (Å²) in [6.45, 7) is 2.69. The topological polar surface area (TPSA) is 47.6 Å². The molecule has 4 heteroatoms. The zero-order valence-corrected chi connectivity index (χ0v) is 14.3. The van der Waals surface area contributed by atoms with Gasteiger partial charge in [-0.05, 0) is 48.2 Å². The van der Waals surface area contributed by atoms with Crippen LogP contribution in [0.3, 0.4) is 0 Å². The van der Waals surface area contributed by atoms with Gasteiger partial charge in [-0.25, -0.2) is 0 Å². The molecule has 2 rings (SSSR count). The molecule has 0 aliphatic carbocycles. The van der Waals surface area contributed by atoms with Gasteiger partial charge in [0.15, 0.2) is 11.5 Å². The molecule has 0 aliphatic rings. The van der Waals surface area contributed by atoms with Gasteiger partial charge < -0.3 is 14.8 Å². The molecule has 0 aliphatic heterocycles. The predicted molar refractivity (Wildman–Crippen MR) is 96.5 cm³/mol. The fraction of sp³-hybridized carbons (Fsp3) is 0.250. The minimum absolute atomic E-state index is 0.113. The number of hydrogen-bond donors (Lipinski definition) is 1. The van der Waals surface area contributed by atoms with Crippen LogP contribution in [0.1, 0.15) is 16.7 Å². The van der Waals surface area contributed by atoms with Crippen LogP contribution in [-0.4, -0.2) is 26.7 Å². The molecular formula is C20H23NO3. The van der Waals surface area contributed by atoms with Crippen LogP contribution in [-0.2, 0) is 11.2 Å². The lowest BCUT2D eigenvalue weighted by atomic mass is 10.1. The highest BCUT2D eigenvalue weighted by Crippen LogP contribution is 2.27. The lowest BCUT2D eigenvalue weighted by molar-refractivity contribution is -0.116. The van der Waals surface area contributed by atoms with Gasteiger partial charge in [0.05, 0.1) is 14.2 Å². The Morgan fingerprint density at radius 1 is 1.08 bits per heavy atom. The van der Waals surface area contributed by atoms with E-state index in [0.717, 1.165) is 12.0 Å². The van der Waals surface area contributed by atoms with Crippen molar-refractivity contribution in [1.29, 1.82) is 0 Å². The Balaban J connectivity index is 1.88. The van der Waals surface area contributed by atoms with Gasteiger partial charge in [0.2, 0.25) is 5.91 Å². The second-order valence-electron chi connectivity index (χ2n) is 5.42. The molecule has 0 heterocycles. The van der Waals surface area contributed by atoms with Crippen molar-refractivity contribution in [3.05, 3.63) is 65.2 Å². The molecule has 0 spiro atoms. The zero-order valence-electron chi connectivity index (χ0n) is 14.3. The molecule has 0 aromatic heterocycles. The lowest BCUT2D eigenvalue weighted by Gasteiger charge is -2.08. The van der Waals surface area contributed by atoms with Crippen molar-refractivity contribution < 1.29 is 14.3 Å². The summed E-state index contributed by atoms with van der Waals surface area (Å²) >= 11 is 0. The summed E-state index contributed by atoms with van der Waals surface area (Å²) < 4.78 is 10.4. The number of aryl methyl sites for hydroxylation is 1. The van der Waals surface area contributed by atoms with E-state index in [1.807, 2.05) is 30.3 Å². The number of amides is 1. The first-order valence-electron chi connectivity index (χ1n) is 7.86. The summed E-state index contributed by atoms with van der Waals surface area (Å²) in [6.07, 6.45) is 4.10. The first-order valence-corrected chi connectivity index (χ1v) is 7.86. The van der Waals surface area contributed by atoms with Gasteiger partial charge >= 0.3 is 0 Å². The molecular weight excluding hydrogens is 302 g/mol. The van der Waals surface area contributed by atoms with Gasteiger partial charge in [-0.1, -0.05) is 30.3 Å². The first-order chi connectivity index (χ1) is 11.6. The summed E-state index contributed by atoms with van der Waals surface area (Å²) in [7, 11) is 3.18. The van der Waals surface area contributed by atoms with Crippen LogP contribution in [0.25, 0.3) is 6.08 Å². The number of ether oxygens (including phenoxy) is 2. The second kappa shape index (κ2) is 8.77. The summed E-state index contributed by atoms with van der Waals surface area (Å²) in [4.78, 5) is 11.9. The first kappa shape index (κ1) is 17.6. The smallest absolute Gasteiger partial charge is 0.244 e. The number of benzene rings is 2. The van der Waals surface area contributed by atoms with Crippen molar-refractivity contribution in [3.8, 4) is 11.5 Å². The SMILES string of the molecule is COc1ccc(/C=C/C(=O)NCCc2ccccc2C)cc1OC. The van der Waals surface area contributed by atoms with Gasteiger partial charge in [-0.3, -0.25) is 4.79 Å². The van der Waals surface area contributed by atoms with Crippen LogP contribution in [0.4, 0.5) is 0 Å². The number of carbonyl (C=O) groups excluding carboxylic acids is 1. The molecule has 0 atom stereocenters. The van der Waals surface area contributed by atoms with Crippen LogP contribution in [0.15, 0.2) is 48.5 Å². The minimum Gasteiger partial charge on any atom is -0.493 e. The number of carbonyl (C=O) groups is 1. The molecule has 2 aromatic rings. The highest BCUT2D eigenvalue weighted by molar-refractivity contribution is 5.91. The van der Waals surface area contributed by atoms with E-state index in [0.29, 0.717) is 18.0 Å². The van der Waals surface area contributed by atoms with Crippen LogP contribution < -0.4 is 14.8 Å². The van der Waals surface area contributed by atoms with Gasteiger partial charge in [0.25, 0.3) is 0 Å². The van der Waals surface area contributed by atoms with Crippen LogP contribution in [0.5, 0.6) is 11.5 Å². The summed E-state index contributed by atoms with van der Waals surface area (Å²) in [5.74, 6) is 1.19. The van der Waals surface area contributed by atoms with Crippen molar-refractivity contribution in [3.63, 3.8) is 0 Å². The number of hydrogen-bond acceptors (Lipinski definition) is 3. The third kappa shape index (κ3) is 4.88. The van der Waals surface area contributed by atoms with Crippen molar-refractivity contribution in [2.75, 3.05) is 20.8 Å². The van der Waals surface area contributed by atoms with Crippen molar-refractivity contribution in [2.45, 2.75) is 13.3 Å². The van der Waals surface area contributed by atoms with Gasteiger partial charge in [0.1, 0.15) is 0 Å². The number of methoxy groups -OCH3 is 2. The molecule has 0 bridgehead atoms. The van der Waals surface area contributed by atoms with Crippen LogP contribution in [0.2, 0.25) is 0 Å². The summed E-state index contributed by atoms with van der Waals surface area (Å²) in [5, 5.41) is 2.90. The predicted octanol–water partition coefficient (Wildman–Crippen LogP) is 3.38. The largest absolute Gasteiger partial charge is 0.493 e. The molecule has 1 amide bonds. The maximum Gasteiger partial charge on any atom is 0.244 e. The van der Waals surface area contributed by atoms with Crippen LogP contribution >= 0.6 is 0 Å². The van der Waals surface area contributed by atoms with Gasteiger partial charge in [-0.2, -0.15) is 0 Å².